The standard InChI is InChI=1S/C14H25N3O3/c1-16-11-5-6-12(16)10-17(9-7-11)14(20)15-8-3-2-4-13(18)19/h11-12H,2-10H2,1H3,(H,15,20)(H,18,19). The lowest BCUT2D eigenvalue weighted by atomic mass is 10.1. The van der Waals surface area contributed by atoms with Gasteiger partial charge in [0.15, 0.2) is 0 Å². The molecule has 114 valence electrons. The Bertz CT molecular complexity index is 362. The number of unbranched alkanes of at least 4 members (excludes halogenated alkanes) is 1. The Kier molecular flexibility index (Phi) is 5.23. The van der Waals surface area contributed by atoms with Crippen LogP contribution in [0.5, 0.6) is 0 Å². The van der Waals surface area contributed by atoms with E-state index in [0.29, 0.717) is 25.0 Å². The highest BCUT2D eigenvalue weighted by Gasteiger charge is 2.35. The number of amides is 2. The highest BCUT2D eigenvalue weighted by atomic mass is 16.4. The molecule has 2 saturated heterocycles. The Morgan fingerprint density at radius 1 is 1.20 bits per heavy atom. The number of aliphatic carboxylic acids is 1. The van der Waals surface area contributed by atoms with Gasteiger partial charge in [-0.15, -0.1) is 0 Å². The molecule has 2 amide bonds. The number of nitrogens with zero attached hydrogens (tertiary/aromatic N) is 2. The number of hydrogen-bond donors (Lipinski definition) is 2. The number of carboxylic acids is 1. The summed E-state index contributed by atoms with van der Waals surface area (Å²) in [7, 11) is 2.16. The van der Waals surface area contributed by atoms with Gasteiger partial charge >= 0.3 is 12.0 Å². The van der Waals surface area contributed by atoms with Crippen LogP contribution in [-0.2, 0) is 4.79 Å². The van der Waals surface area contributed by atoms with Crippen LogP contribution >= 0.6 is 0 Å². The fourth-order valence-electron chi connectivity index (χ4n) is 3.20. The quantitative estimate of drug-likeness (QED) is 0.742. The molecule has 6 heteroatoms. The first kappa shape index (κ1) is 15.1. The molecule has 2 bridgehead atoms. The number of fused-ring (bicyclic) bond motifs is 2. The van der Waals surface area contributed by atoms with Gasteiger partial charge in [0.1, 0.15) is 0 Å². The Balaban J connectivity index is 1.69. The summed E-state index contributed by atoms with van der Waals surface area (Å²) in [6, 6.07) is 1.13. The second kappa shape index (κ2) is 6.92. The molecule has 2 unspecified atom stereocenters. The van der Waals surface area contributed by atoms with E-state index in [4.69, 9.17) is 5.11 Å². The number of carbonyl (C=O) groups excluding carboxylic acids is 1. The Hall–Kier alpha value is -1.30. The molecule has 0 aromatic heterocycles. The number of nitrogens with one attached hydrogen (secondary N) is 1. The third kappa shape index (κ3) is 3.85. The van der Waals surface area contributed by atoms with Gasteiger partial charge in [-0.3, -0.25) is 9.69 Å². The average Bonchev–Trinajstić information content (AvgIpc) is 2.62. The fraction of sp³-hybridized carbons (Fsp3) is 0.857. The van der Waals surface area contributed by atoms with E-state index in [1.807, 2.05) is 4.90 Å². The van der Waals surface area contributed by atoms with E-state index < -0.39 is 5.97 Å². The molecule has 2 N–H and O–H groups in total. The van der Waals surface area contributed by atoms with Gasteiger partial charge in [0, 0.05) is 38.1 Å². The lowest BCUT2D eigenvalue weighted by Crippen LogP contribution is -2.45. The minimum absolute atomic E-state index is 0.00118. The number of carboxylic acid groups (broad SMARTS) is 1. The fourth-order valence-corrected chi connectivity index (χ4v) is 3.20. The van der Waals surface area contributed by atoms with Crippen molar-refractivity contribution < 1.29 is 14.7 Å². The van der Waals surface area contributed by atoms with Crippen LogP contribution in [0.2, 0.25) is 0 Å². The highest BCUT2D eigenvalue weighted by Crippen LogP contribution is 2.28. The second-order valence-electron chi connectivity index (χ2n) is 5.87. The lowest BCUT2D eigenvalue weighted by Gasteiger charge is -2.26. The molecule has 0 radical (unpaired) electrons. The van der Waals surface area contributed by atoms with Gasteiger partial charge in [-0.2, -0.15) is 0 Å². The van der Waals surface area contributed by atoms with E-state index in [0.717, 1.165) is 25.9 Å². The number of urea groups is 1. The molecule has 2 atom stereocenters. The van der Waals surface area contributed by atoms with Crippen molar-refractivity contribution in [3.05, 3.63) is 0 Å². The number of hydrogen-bond acceptors (Lipinski definition) is 3. The number of likely N-dealkylation sites (N-methyl/N-ethyl adjacent to an activating group) is 1. The predicted molar refractivity (Wildman–Crippen MR) is 75.6 cm³/mol. The minimum Gasteiger partial charge on any atom is -0.481 e. The van der Waals surface area contributed by atoms with E-state index in [1.54, 1.807) is 0 Å². The third-order valence-electron chi connectivity index (χ3n) is 4.53. The summed E-state index contributed by atoms with van der Waals surface area (Å²) in [4.78, 5) is 26.8. The monoisotopic (exact) mass is 283 g/mol. The maximum Gasteiger partial charge on any atom is 0.317 e. The maximum absolute atomic E-state index is 12.1. The first-order valence-corrected chi connectivity index (χ1v) is 7.54. The zero-order valence-electron chi connectivity index (χ0n) is 12.2. The number of carbonyl (C=O) groups is 2. The van der Waals surface area contributed by atoms with Crippen molar-refractivity contribution in [2.75, 3.05) is 26.7 Å². The molecule has 2 aliphatic heterocycles. The van der Waals surface area contributed by atoms with Crippen LogP contribution < -0.4 is 5.32 Å². The molecule has 0 aromatic carbocycles. The molecule has 0 saturated carbocycles. The summed E-state index contributed by atoms with van der Waals surface area (Å²) in [6.07, 6.45) is 5.00. The van der Waals surface area contributed by atoms with E-state index in [9.17, 15) is 9.59 Å². The Morgan fingerprint density at radius 3 is 2.70 bits per heavy atom. The minimum atomic E-state index is -0.775. The molecule has 0 aromatic rings. The van der Waals surface area contributed by atoms with Crippen LogP contribution in [0.15, 0.2) is 0 Å². The van der Waals surface area contributed by atoms with Crippen molar-refractivity contribution >= 4 is 12.0 Å². The molecule has 2 fully saturated rings. The average molecular weight is 283 g/mol. The normalized spacial score (nSPS) is 26.4. The SMILES string of the molecule is CN1C2CCC1CN(C(=O)NCCCCC(=O)O)CC2. The topological polar surface area (TPSA) is 72.9 Å². The van der Waals surface area contributed by atoms with Crippen LogP contribution in [0.3, 0.4) is 0 Å². The highest BCUT2D eigenvalue weighted by molar-refractivity contribution is 5.74. The zero-order chi connectivity index (χ0) is 14.5. The lowest BCUT2D eigenvalue weighted by molar-refractivity contribution is -0.137. The van der Waals surface area contributed by atoms with Gasteiger partial charge in [0.05, 0.1) is 0 Å². The van der Waals surface area contributed by atoms with Crippen LogP contribution in [0.1, 0.15) is 38.5 Å². The molecular formula is C14H25N3O3. The molecule has 2 rings (SSSR count). The zero-order valence-corrected chi connectivity index (χ0v) is 12.2. The third-order valence-corrected chi connectivity index (χ3v) is 4.53. The molecule has 20 heavy (non-hydrogen) atoms. The van der Waals surface area contributed by atoms with Gasteiger partial charge in [-0.05, 0) is 39.2 Å². The van der Waals surface area contributed by atoms with Crippen molar-refractivity contribution in [2.45, 2.75) is 50.6 Å². The summed E-state index contributed by atoms with van der Waals surface area (Å²) < 4.78 is 0. The summed E-state index contributed by atoms with van der Waals surface area (Å²) in [5.74, 6) is -0.775. The number of likely N-dealkylation sites (tertiary alicyclic amines) is 1. The van der Waals surface area contributed by atoms with E-state index >= 15 is 0 Å². The number of rotatable bonds is 5. The van der Waals surface area contributed by atoms with Gasteiger partial charge in [-0.25, -0.2) is 4.79 Å². The predicted octanol–water partition coefficient (Wildman–Crippen LogP) is 1.12. The second-order valence-corrected chi connectivity index (χ2v) is 5.87. The largest absolute Gasteiger partial charge is 0.481 e. The summed E-state index contributed by atoms with van der Waals surface area (Å²) in [6.45, 7) is 2.20. The molecule has 0 spiro atoms. The Morgan fingerprint density at radius 2 is 1.95 bits per heavy atom. The van der Waals surface area contributed by atoms with Crippen LogP contribution in [0, 0.1) is 0 Å². The van der Waals surface area contributed by atoms with Gasteiger partial charge in [0.25, 0.3) is 0 Å². The van der Waals surface area contributed by atoms with Crippen molar-refractivity contribution in [3.63, 3.8) is 0 Å². The first-order valence-electron chi connectivity index (χ1n) is 7.54. The van der Waals surface area contributed by atoms with Gasteiger partial charge in [-0.1, -0.05) is 0 Å². The van der Waals surface area contributed by atoms with Crippen molar-refractivity contribution in [1.29, 1.82) is 0 Å². The first-order chi connectivity index (χ1) is 9.58. The molecule has 6 nitrogen and oxygen atoms in total. The van der Waals surface area contributed by atoms with Crippen molar-refractivity contribution in [2.24, 2.45) is 0 Å². The van der Waals surface area contributed by atoms with Crippen molar-refractivity contribution in [1.82, 2.24) is 15.1 Å². The van der Waals surface area contributed by atoms with Crippen LogP contribution in [-0.4, -0.2) is 65.7 Å². The van der Waals surface area contributed by atoms with Gasteiger partial charge in [0.2, 0.25) is 0 Å². The van der Waals surface area contributed by atoms with E-state index in [1.165, 1.54) is 12.8 Å². The maximum atomic E-state index is 12.1. The van der Waals surface area contributed by atoms with E-state index in [-0.39, 0.29) is 12.5 Å². The van der Waals surface area contributed by atoms with Crippen LogP contribution in [0.4, 0.5) is 4.79 Å². The summed E-state index contributed by atoms with van der Waals surface area (Å²) >= 11 is 0. The molecule has 0 aliphatic carbocycles. The molecule has 2 heterocycles. The summed E-state index contributed by atoms with van der Waals surface area (Å²) in [5, 5.41) is 11.4. The van der Waals surface area contributed by atoms with Gasteiger partial charge < -0.3 is 15.3 Å². The van der Waals surface area contributed by atoms with Crippen LogP contribution in [0.25, 0.3) is 0 Å². The molecule has 2 aliphatic rings. The molecular weight excluding hydrogens is 258 g/mol. The Labute approximate surface area is 120 Å². The smallest absolute Gasteiger partial charge is 0.317 e. The summed E-state index contributed by atoms with van der Waals surface area (Å²) in [5.41, 5.74) is 0. The van der Waals surface area contributed by atoms with E-state index in [2.05, 4.69) is 17.3 Å². The van der Waals surface area contributed by atoms with Crippen molar-refractivity contribution in [3.8, 4) is 0 Å².